The molecule has 0 radical (unpaired) electrons. The van der Waals surface area contributed by atoms with Gasteiger partial charge in [-0.15, -0.1) is 0 Å². The third kappa shape index (κ3) is 6.97. The predicted molar refractivity (Wildman–Crippen MR) is 112 cm³/mol. The van der Waals surface area contributed by atoms with Crippen LogP contribution in [0.15, 0.2) is 50.4 Å². The van der Waals surface area contributed by atoms with Crippen molar-refractivity contribution in [1.82, 2.24) is 5.43 Å². The summed E-state index contributed by atoms with van der Waals surface area (Å²) < 4.78 is 12.2. The number of carboxylic acid groups (broad SMARTS) is 1. The van der Waals surface area contributed by atoms with E-state index in [4.69, 9.17) is 14.6 Å². The summed E-state index contributed by atoms with van der Waals surface area (Å²) in [5.74, 6) is -0.668. The van der Waals surface area contributed by atoms with Crippen molar-refractivity contribution >= 4 is 50.0 Å². The average molecular weight is 514 g/mol. The summed E-state index contributed by atoms with van der Waals surface area (Å²) >= 11 is 6.69. The Kier molecular flexibility index (Phi) is 8.46. The summed E-state index contributed by atoms with van der Waals surface area (Å²) in [7, 11) is 0. The highest BCUT2D eigenvalue weighted by atomic mass is 79.9. The highest BCUT2D eigenvalue weighted by Gasteiger charge is 2.13. The van der Waals surface area contributed by atoms with E-state index in [9.17, 15) is 9.59 Å². The lowest BCUT2D eigenvalue weighted by Crippen LogP contribution is -2.19. The first-order valence-corrected chi connectivity index (χ1v) is 9.85. The Morgan fingerprint density at radius 2 is 1.89 bits per heavy atom. The molecule has 0 fully saturated rings. The second-order valence-corrected chi connectivity index (χ2v) is 7.31. The first-order chi connectivity index (χ1) is 13.4. The molecule has 0 unspecified atom stereocenters. The third-order valence-electron chi connectivity index (χ3n) is 3.35. The van der Waals surface area contributed by atoms with E-state index in [-0.39, 0.29) is 12.3 Å². The van der Waals surface area contributed by atoms with Crippen LogP contribution in [0.25, 0.3) is 0 Å². The lowest BCUT2D eigenvalue weighted by atomic mass is 10.1. The molecule has 0 aliphatic heterocycles. The van der Waals surface area contributed by atoms with E-state index in [1.807, 2.05) is 24.3 Å². The smallest absolute Gasteiger partial charge is 0.341 e. The fourth-order valence-corrected chi connectivity index (χ4v) is 3.04. The maximum Gasteiger partial charge on any atom is 0.341 e. The molecule has 0 saturated carbocycles. The van der Waals surface area contributed by atoms with Gasteiger partial charge in [0, 0.05) is 4.47 Å². The number of hydrogen-bond donors (Lipinski definition) is 2. The van der Waals surface area contributed by atoms with Gasteiger partial charge in [-0.2, -0.15) is 5.10 Å². The van der Waals surface area contributed by atoms with E-state index in [0.717, 1.165) is 10.0 Å². The van der Waals surface area contributed by atoms with Gasteiger partial charge in [-0.3, -0.25) is 4.79 Å². The molecule has 0 bridgehead atoms. The molecule has 2 N–H and O–H groups in total. The second-order valence-electron chi connectivity index (χ2n) is 5.54. The van der Waals surface area contributed by atoms with Gasteiger partial charge in [0.15, 0.2) is 18.1 Å². The number of hydrazone groups is 1. The number of amides is 1. The summed E-state index contributed by atoms with van der Waals surface area (Å²) in [5.41, 5.74) is 3.99. The Morgan fingerprint density at radius 3 is 2.54 bits per heavy atom. The molecule has 0 heterocycles. The van der Waals surface area contributed by atoms with Crippen LogP contribution < -0.4 is 14.9 Å². The van der Waals surface area contributed by atoms with Gasteiger partial charge in [0.05, 0.1) is 23.7 Å². The van der Waals surface area contributed by atoms with Gasteiger partial charge in [-0.05, 0) is 58.2 Å². The second kappa shape index (κ2) is 10.8. The van der Waals surface area contributed by atoms with Gasteiger partial charge in [-0.25, -0.2) is 10.2 Å². The van der Waals surface area contributed by atoms with Gasteiger partial charge >= 0.3 is 5.97 Å². The number of aliphatic carboxylic acids is 1. The number of benzene rings is 2. The molecule has 1 amide bonds. The van der Waals surface area contributed by atoms with Crippen molar-refractivity contribution in [3.63, 3.8) is 0 Å². The number of nitrogens with zero attached hydrogens (tertiary/aromatic N) is 1. The van der Waals surface area contributed by atoms with Crippen molar-refractivity contribution in [2.75, 3.05) is 13.2 Å². The zero-order valence-electron chi connectivity index (χ0n) is 14.9. The normalized spacial score (nSPS) is 10.7. The first-order valence-electron chi connectivity index (χ1n) is 8.26. The Bertz CT molecular complexity index is 869. The van der Waals surface area contributed by atoms with E-state index < -0.39 is 12.6 Å². The van der Waals surface area contributed by atoms with Gasteiger partial charge in [0.25, 0.3) is 0 Å². The number of carbonyl (C=O) groups excluding carboxylic acids is 1. The van der Waals surface area contributed by atoms with Crippen LogP contribution in [0.1, 0.15) is 18.1 Å². The highest BCUT2D eigenvalue weighted by Crippen LogP contribution is 2.36. The Morgan fingerprint density at radius 1 is 1.18 bits per heavy atom. The van der Waals surface area contributed by atoms with Gasteiger partial charge in [0.1, 0.15) is 0 Å². The molecule has 2 aromatic rings. The van der Waals surface area contributed by atoms with Gasteiger partial charge < -0.3 is 14.6 Å². The van der Waals surface area contributed by atoms with Crippen molar-refractivity contribution in [3.05, 3.63) is 56.5 Å². The number of halogens is 2. The highest BCUT2D eigenvalue weighted by molar-refractivity contribution is 9.10. The molecule has 28 heavy (non-hydrogen) atoms. The minimum absolute atomic E-state index is 0.209. The largest absolute Gasteiger partial charge is 0.490 e. The zero-order valence-corrected chi connectivity index (χ0v) is 18.1. The molecule has 0 spiro atoms. The van der Waals surface area contributed by atoms with Crippen LogP contribution in [0.5, 0.6) is 11.5 Å². The van der Waals surface area contributed by atoms with E-state index in [0.29, 0.717) is 28.1 Å². The fourth-order valence-electron chi connectivity index (χ4n) is 2.21. The molecule has 2 aromatic carbocycles. The molecule has 0 aromatic heterocycles. The Balaban J connectivity index is 2.04. The maximum absolute atomic E-state index is 12.0. The number of rotatable bonds is 9. The lowest BCUT2D eigenvalue weighted by Gasteiger charge is -2.13. The number of carboxylic acids is 1. The lowest BCUT2D eigenvalue weighted by molar-refractivity contribution is -0.139. The van der Waals surface area contributed by atoms with Crippen molar-refractivity contribution in [1.29, 1.82) is 0 Å². The van der Waals surface area contributed by atoms with E-state index in [2.05, 4.69) is 42.4 Å². The molecule has 0 aliphatic rings. The minimum Gasteiger partial charge on any atom is -0.490 e. The quantitative estimate of drug-likeness (QED) is 0.393. The Labute approximate surface area is 179 Å². The molecule has 9 heteroatoms. The molecule has 2 rings (SSSR count). The van der Waals surface area contributed by atoms with Crippen LogP contribution in [0.2, 0.25) is 0 Å². The third-order valence-corrected chi connectivity index (χ3v) is 4.47. The number of hydrogen-bond acceptors (Lipinski definition) is 5. The van der Waals surface area contributed by atoms with Crippen molar-refractivity contribution in [3.8, 4) is 11.5 Å². The molecule has 0 aliphatic carbocycles. The fraction of sp³-hybridized carbons (Fsp3) is 0.211. The molecule has 0 atom stereocenters. The van der Waals surface area contributed by atoms with Gasteiger partial charge in [-0.1, -0.05) is 28.1 Å². The Hall–Kier alpha value is -2.39. The van der Waals surface area contributed by atoms with E-state index in [1.54, 1.807) is 19.1 Å². The summed E-state index contributed by atoms with van der Waals surface area (Å²) in [6.07, 6.45) is 1.67. The number of nitrogens with one attached hydrogen (secondary N) is 1. The minimum atomic E-state index is -1.09. The summed E-state index contributed by atoms with van der Waals surface area (Å²) in [4.78, 5) is 22.7. The predicted octanol–water partition coefficient (Wildman–Crippen LogP) is 3.77. The summed E-state index contributed by atoms with van der Waals surface area (Å²) in [6.45, 7) is 1.69. The number of carbonyl (C=O) groups is 2. The number of ether oxygens (including phenoxy) is 2. The summed E-state index contributed by atoms with van der Waals surface area (Å²) in [5, 5.41) is 12.7. The first kappa shape index (κ1) is 21.9. The van der Waals surface area contributed by atoms with Crippen molar-refractivity contribution in [2.24, 2.45) is 5.10 Å². The molecular weight excluding hydrogens is 496 g/mol. The van der Waals surface area contributed by atoms with Crippen molar-refractivity contribution < 1.29 is 24.2 Å². The van der Waals surface area contributed by atoms with Crippen LogP contribution in [0.3, 0.4) is 0 Å². The maximum atomic E-state index is 12.0. The standard InChI is InChI=1S/C19H18Br2N2O5/c1-2-27-16-8-13(7-15(21)19(16)28-11-18(25)26)10-22-23-17(24)9-12-3-5-14(20)6-4-12/h3-8,10H,2,9,11H2,1H3,(H,23,24)(H,25,26)/b22-10-. The molecule has 0 saturated heterocycles. The zero-order chi connectivity index (χ0) is 20.5. The average Bonchev–Trinajstić information content (AvgIpc) is 2.63. The SMILES string of the molecule is CCOc1cc(/C=N\NC(=O)Cc2ccc(Br)cc2)cc(Br)c1OCC(=O)O. The molecule has 148 valence electrons. The van der Waals surface area contributed by atoms with Crippen LogP contribution >= 0.6 is 31.9 Å². The molecule has 7 nitrogen and oxygen atoms in total. The van der Waals surface area contributed by atoms with Crippen LogP contribution in [0, 0.1) is 0 Å². The van der Waals surface area contributed by atoms with Gasteiger partial charge in [0.2, 0.25) is 5.91 Å². The van der Waals surface area contributed by atoms with Crippen molar-refractivity contribution in [2.45, 2.75) is 13.3 Å². The van der Waals surface area contributed by atoms with Crippen LogP contribution in [0.4, 0.5) is 0 Å². The van der Waals surface area contributed by atoms with Crippen LogP contribution in [-0.2, 0) is 16.0 Å². The monoisotopic (exact) mass is 512 g/mol. The topological polar surface area (TPSA) is 97.2 Å². The van der Waals surface area contributed by atoms with E-state index >= 15 is 0 Å². The van der Waals surface area contributed by atoms with E-state index in [1.165, 1.54) is 6.21 Å². The molecular formula is C19H18Br2N2O5. The summed E-state index contributed by atoms with van der Waals surface area (Å²) in [6, 6.07) is 10.8. The van der Waals surface area contributed by atoms with Crippen LogP contribution in [-0.4, -0.2) is 36.4 Å².